The summed E-state index contributed by atoms with van der Waals surface area (Å²) in [5, 5.41) is 3.42. The molecule has 1 aliphatic carbocycles. The Bertz CT molecular complexity index is 629. The van der Waals surface area contributed by atoms with Crippen molar-refractivity contribution < 1.29 is 4.79 Å². The van der Waals surface area contributed by atoms with Gasteiger partial charge in [0.1, 0.15) is 0 Å². The van der Waals surface area contributed by atoms with Gasteiger partial charge in [0.05, 0.1) is 18.3 Å². The second-order valence-electron chi connectivity index (χ2n) is 7.26. The first-order chi connectivity index (χ1) is 12.7. The van der Waals surface area contributed by atoms with Crippen LogP contribution in [0.1, 0.15) is 49.4 Å². The summed E-state index contributed by atoms with van der Waals surface area (Å²) in [6.45, 7) is 1.19. The lowest BCUT2D eigenvalue weighted by molar-refractivity contribution is -0.129. The van der Waals surface area contributed by atoms with E-state index in [0.717, 1.165) is 17.8 Å². The molecule has 3 rings (SSSR count). The molecule has 2 aromatic rings. The van der Waals surface area contributed by atoms with Crippen LogP contribution in [0.4, 0.5) is 0 Å². The van der Waals surface area contributed by atoms with Crippen molar-refractivity contribution in [2.75, 3.05) is 20.1 Å². The van der Waals surface area contributed by atoms with E-state index >= 15 is 0 Å². The number of carbonyl (C=O) groups is 1. The van der Waals surface area contributed by atoms with Crippen LogP contribution in [0, 0.1) is 5.92 Å². The number of nitrogens with one attached hydrogen (secondary N) is 1. The van der Waals surface area contributed by atoms with E-state index in [0.29, 0.717) is 12.5 Å². The number of nitrogens with zero attached hydrogens (tertiary/aromatic N) is 2. The van der Waals surface area contributed by atoms with Crippen molar-refractivity contribution in [2.45, 2.75) is 38.1 Å². The van der Waals surface area contributed by atoms with Crippen LogP contribution in [0.3, 0.4) is 0 Å². The summed E-state index contributed by atoms with van der Waals surface area (Å²) in [4.78, 5) is 19.0. The minimum atomic E-state index is -0.0792. The van der Waals surface area contributed by atoms with E-state index in [2.05, 4.69) is 22.4 Å². The largest absolute Gasteiger partial charge is 0.344 e. The molecule has 1 aromatic heterocycles. The molecule has 1 aliphatic rings. The highest BCUT2D eigenvalue weighted by Gasteiger charge is 2.20. The van der Waals surface area contributed by atoms with Gasteiger partial charge in [-0.3, -0.25) is 15.1 Å². The first-order valence-corrected chi connectivity index (χ1v) is 9.67. The van der Waals surface area contributed by atoms with Crippen molar-refractivity contribution in [3.8, 4) is 0 Å². The second-order valence-corrected chi connectivity index (χ2v) is 7.26. The highest BCUT2D eigenvalue weighted by molar-refractivity contribution is 5.78. The van der Waals surface area contributed by atoms with Crippen LogP contribution in [0.5, 0.6) is 0 Å². The fourth-order valence-electron chi connectivity index (χ4n) is 3.77. The van der Waals surface area contributed by atoms with Crippen LogP contribution in [0.25, 0.3) is 0 Å². The molecule has 26 heavy (non-hydrogen) atoms. The van der Waals surface area contributed by atoms with Gasteiger partial charge in [-0.1, -0.05) is 55.7 Å². The number of likely N-dealkylation sites (N-methyl/N-ethyl adjacent to an activating group) is 1. The molecule has 1 atom stereocenters. The summed E-state index contributed by atoms with van der Waals surface area (Å²) >= 11 is 0. The predicted octanol–water partition coefficient (Wildman–Crippen LogP) is 3.80. The van der Waals surface area contributed by atoms with Crippen molar-refractivity contribution in [1.29, 1.82) is 0 Å². The van der Waals surface area contributed by atoms with Crippen molar-refractivity contribution in [3.63, 3.8) is 0 Å². The summed E-state index contributed by atoms with van der Waals surface area (Å²) in [5.74, 6) is 0.811. The molecule has 138 valence electrons. The molecule has 4 nitrogen and oxygen atoms in total. The molecular formula is C22H29N3O. The summed E-state index contributed by atoms with van der Waals surface area (Å²) < 4.78 is 0. The first kappa shape index (κ1) is 18.6. The Morgan fingerprint density at radius 1 is 1.12 bits per heavy atom. The van der Waals surface area contributed by atoms with Gasteiger partial charge in [-0.15, -0.1) is 0 Å². The Morgan fingerprint density at radius 2 is 1.85 bits per heavy atom. The zero-order valence-corrected chi connectivity index (χ0v) is 15.6. The van der Waals surface area contributed by atoms with Crippen LogP contribution in [0.2, 0.25) is 0 Å². The van der Waals surface area contributed by atoms with Crippen LogP contribution in [-0.4, -0.2) is 35.9 Å². The van der Waals surface area contributed by atoms with Gasteiger partial charge in [-0.2, -0.15) is 0 Å². The van der Waals surface area contributed by atoms with Gasteiger partial charge in [0, 0.05) is 19.8 Å². The number of pyridine rings is 1. The molecule has 4 heteroatoms. The summed E-state index contributed by atoms with van der Waals surface area (Å²) in [6, 6.07) is 16.0. The quantitative estimate of drug-likeness (QED) is 0.825. The van der Waals surface area contributed by atoms with E-state index in [1.54, 1.807) is 6.20 Å². The van der Waals surface area contributed by atoms with Crippen LogP contribution >= 0.6 is 0 Å². The molecule has 1 amide bonds. The molecule has 0 bridgehead atoms. The summed E-state index contributed by atoms with van der Waals surface area (Å²) in [6.07, 6.45) is 8.27. The number of hydrogen-bond donors (Lipinski definition) is 1. The SMILES string of the molecule is CN(CC1CCCCC1)C(=O)CNC(c1ccccc1)c1ccccn1. The molecule has 0 spiro atoms. The number of carbonyl (C=O) groups excluding carboxylic acids is 1. The zero-order chi connectivity index (χ0) is 18.2. The minimum absolute atomic E-state index is 0.0792. The van der Waals surface area contributed by atoms with Crippen molar-refractivity contribution in [2.24, 2.45) is 5.92 Å². The van der Waals surface area contributed by atoms with E-state index in [9.17, 15) is 4.79 Å². The molecule has 1 N–H and O–H groups in total. The Morgan fingerprint density at radius 3 is 2.54 bits per heavy atom. The van der Waals surface area contributed by atoms with Gasteiger partial charge in [0.25, 0.3) is 0 Å². The van der Waals surface area contributed by atoms with Crippen molar-refractivity contribution >= 4 is 5.91 Å². The highest BCUT2D eigenvalue weighted by atomic mass is 16.2. The van der Waals surface area contributed by atoms with Crippen molar-refractivity contribution in [3.05, 3.63) is 66.0 Å². The predicted molar refractivity (Wildman–Crippen MR) is 105 cm³/mol. The maximum absolute atomic E-state index is 12.6. The molecule has 1 unspecified atom stereocenters. The lowest BCUT2D eigenvalue weighted by Crippen LogP contribution is -2.40. The Balaban J connectivity index is 1.61. The smallest absolute Gasteiger partial charge is 0.236 e. The number of benzene rings is 1. The van der Waals surface area contributed by atoms with Gasteiger partial charge in [0.2, 0.25) is 5.91 Å². The monoisotopic (exact) mass is 351 g/mol. The van der Waals surface area contributed by atoms with E-state index in [4.69, 9.17) is 0 Å². The fraction of sp³-hybridized carbons (Fsp3) is 0.455. The molecule has 0 aliphatic heterocycles. The second kappa shape index (κ2) is 9.48. The lowest BCUT2D eigenvalue weighted by atomic mass is 9.89. The van der Waals surface area contributed by atoms with Gasteiger partial charge >= 0.3 is 0 Å². The normalized spacial score (nSPS) is 16.2. The third-order valence-corrected chi connectivity index (χ3v) is 5.26. The first-order valence-electron chi connectivity index (χ1n) is 9.67. The number of amides is 1. The van der Waals surface area contributed by atoms with E-state index < -0.39 is 0 Å². The van der Waals surface area contributed by atoms with Crippen molar-refractivity contribution in [1.82, 2.24) is 15.2 Å². The average Bonchev–Trinajstić information content (AvgIpc) is 2.70. The van der Waals surface area contributed by atoms with Gasteiger partial charge in [0.15, 0.2) is 0 Å². The minimum Gasteiger partial charge on any atom is -0.344 e. The average molecular weight is 351 g/mol. The molecule has 1 saturated carbocycles. The Kier molecular flexibility index (Phi) is 6.78. The molecule has 0 saturated heterocycles. The van der Waals surface area contributed by atoms with E-state index in [1.807, 2.05) is 48.3 Å². The van der Waals surface area contributed by atoms with Gasteiger partial charge < -0.3 is 4.90 Å². The van der Waals surface area contributed by atoms with Gasteiger partial charge in [-0.25, -0.2) is 0 Å². The Hall–Kier alpha value is -2.20. The molecule has 1 fully saturated rings. The summed E-state index contributed by atoms with van der Waals surface area (Å²) in [7, 11) is 1.93. The van der Waals surface area contributed by atoms with Gasteiger partial charge in [-0.05, 0) is 36.5 Å². The third kappa shape index (κ3) is 5.15. The van der Waals surface area contributed by atoms with E-state index in [1.165, 1.54) is 32.1 Å². The number of hydrogen-bond acceptors (Lipinski definition) is 3. The molecule has 1 heterocycles. The maximum atomic E-state index is 12.6. The highest BCUT2D eigenvalue weighted by Crippen LogP contribution is 2.24. The summed E-state index contributed by atoms with van der Waals surface area (Å²) in [5.41, 5.74) is 2.05. The third-order valence-electron chi connectivity index (χ3n) is 5.26. The molecule has 1 aromatic carbocycles. The molecular weight excluding hydrogens is 322 g/mol. The fourth-order valence-corrected chi connectivity index (χ4v) is 3.77. The standard InChI is InChI=1S/C22H29N3O/c1-25(17-18-10-4-2-5-11-18)21(26)16-24-22(19-12-6-3-7-13-19)20-14-8-9-15-23-20/h3,6-9,12-15,18,22,24H,2,4-5,10-11,16-17H2,1H3. The van der Waals surface area contributed by atoms with Crippen LogP contribution in [-0.2, 0) is 4.79 Å². The van der Waals surface area contributed by atoms with E-state index in [-0.39, 0.29) is 11.9 Å². The zero-order valence-electron chi connectivity index (χ0n) is 15.6. The molecule has 0 radical (unpaired) electrons. The topological polar surface area (TPSA) is 45.2 Å². The Labute approximate surface area is 156 Å². The van der Waals surface area contributed by atoms with Crippen LogP contribution < -0.4 is 5.32 Å². The maximum Gasteiger partial charge on any atom is 0.236 e. The number of rotatable bonds is 7. The lowest BCUT2D eigenvalue weighted by Gasteiger charge is -2.28. The van der Waals surface area contributed by atoms with Crippen LogP contribution in [0.15, 0.2) is 54.7 Å². The number of aromatic nitrogens is 1.